The van der Waals surface area contributed by atoms with E-state index in [2.05, 4.69) is 0 Å². The summed E-state index contributed by atoms with van der Waals surface area (Å²) in [6.07, 6.45) is 2.01. The molecule has 2 N–H and O–H groups in total. The molecule has 0 bridgehead atoms. The Bertz CT molecular complexity index is 372. The summed E-state index contributed by atoms with van der Waals surface area (Å²) in [6.45, 7) is 3.92. The summed E-state index contributed by atoms with van der Waals surface area (Å²) in [7, 11) is 3.32. The van der Waals surface area contributed by atoms with Crippen LogP contribution in [0.5, 0.6) is 11.5 Å². The first-order valence-electron chi connectivity index (χ1n) is 5.04. The number of benzene rings is 1. The molecular formula is C12H19NO2S. The largest absolute Gasteiger partial charge is 0.496 e. The summed E-state index contributed by atoms with van der Waals surface area (Å²) in [5.74, 6) is 1.64. The van der Waals surface area contributed by atoms with Crippen molar-refractivity contribution >= 4 is 11.8 Å². The second-order valence-electron chi connectivity index (χ2n) is 4.10. The molecule has 0 saturated carbocycles. The Kier molecular flexibility index (Phi) is 4.10. The van der Waals surface area contributed by atoms with Crippen LogP contribution in [0.2, 0.25) is 0 Å². The smallest absolute Gasteiger partial charge is 0.133 e. The average molecular weight is 241 g/mol. The van der Waals surface area contributed by atoms with E-state index in [1.165, 1.54) is 0 Å². The highest BCUT2D eigenvalue weighted by molar-refractivity contribution is 7.98. The Morgan fingerprint density at radius 1 is 1.12 bits per heavy atom. The highest BCUT2D eigenvalue weighted by atomic mass is 32.2. The molecule has 1 aromatic carbocycles. The maximum atomic E-state index is 6.18. The molecule has 0 unspecified atom stereocenters. The molecule has 4 heteroatoms. The highest BCUT2D eigenvalue weighted by Gasteiger charge is 2.25. The topological polar surface area (TPSA) is 44.5 Å². The molecule has 0 aliphatic heterocycles. The zero-order valence-corrected chi connectivity index (χ0v) is 11.3. The third-order valence-corrected chi connectivity index (χ3v) is 3.19. The van der Waals surface area contributed by atoms with Crippen molar-refractivity contribution in [1.29, 1.82) is 0 Å². The van der Waals surface area contributed by atoms with Gasteiger partial charge in [-0.25, -0.2) is 0 Å². The van der Waals surface area contributed by atoms with E-state index in [9.17, 15) is 0 Å². The number of nitrogens with two attached hydrogens (primary N) is 1. The van der Waals surface area contributed by atoms with E-state index in [1.807, 2.05) is 32.2 Å². The van der Waals surface area contributed by atoms with Gasteiger partial charge in [-0.1, -0.05) is 0 Å². The molecule has 0 fully saturated rings. The standard InChI is InChI=1S/C12H19NO2S/c1-12(2,13)10-8(14-3)6-7-9(15-4)11(10)16-5/h6-7H,13H2,1-5H3. The number of hydrogen-bond acceptors (Lipinski definition) is 4. The lowest BCUT2D eigenvalue weighted by Crippen LogP contribution is -2.30. The van der Waals surface area contributed by atoms with Crippen LogP contribution in [0.15, 0.2) is 17.0 Å². The number of hydrogen-bond donors (Lipinski definition) is 1. The molecule has 0 aromatic heterocycles. The maximum absolute atomic E-state index is 6.18. The predicted molar refractivity (Wildman–Crippen MR) is 68.5 cm³/mol. The maximum Gasteiger partial charge on any atom is 0.133 e. The number of methoxy groups -OCH3 is 2. The zero-order chi connectivity index (χ0) is 12.3. The van der Waals surface area contributed by atoms with Crippen LogP contribution in [-0.4, -0.2) is 20.5 Å². The lowest BCUT2D eigenvalue weighted by atomic mass is 9.94. The summed E-state index contributed by atoms with van der Waals surface area (Å²) in [5, 5.41) is 0. The molecule has 0 heterocycles. The summed E-state index contributed by atoms with van der Waals surface area (Å²) in [4.78, 5) is 1.04. The number of rotatable bonds is 4. The minimum Gasteiger partial charge on any atom is -0.496 e. The van der Waals surface area contributed by atoms with Crippen LogP contribution in [0.25, 0.3) is 0 Å². The van der Waals surface area contributed by atoms with Gasteiger partial charge in [0, 0.05) is 11.1 Å². The lowest BCUT2D eigenvalue weighted by molar-refractivity contribution is 0.374. The fourth-order valence-corrected chi connectivity index (χ4v) is 2.61. The van der Waals surface area contributed by atoms with Gasteiger partial charge in [0.2, 0.25) is 0 Å². The highest BCUT2D eigenvalue weighted by Crippen LogP contribution is 2.41. The van der Waals surface area contributed by atoms with Gasteiger partial charge in [-0.2, -0.15) is 0 Å². The fraction of sp³-hybridized carbons (Fsp3) is 0.500. The van der Waals surface area contributed by atoms with E-state index in [1.54, 1.807) is 26.0 Å². The van der Waals surface area contributed by atoms with Gasteiger partial charge >= 0.3 is 0 Å². The molecule has 0 amide bonds. The fourth-order valence-electron chi connectivity index (χ4n) is 1.69. The summed E-state index contributed by atoms with van der Waals surface area (Å²) >= 11 is 1.62. The lowest BCUT2D eigenvalue weighted by Gasteiger charge is -2.26. The van der Waals surface area contributed by atoms with E-state index in [0.29, 0.717) is 0 Å². The van der Waals surface area contributed by atoms with Crippen LogP contribution in [0.3, 0.4) is 0 Å². The average Bonchev–Trinajstić information content (AvgIpc) is 2.25. The van der Waals surface area contributed by atoms with Crippen molar-refractivity contribution in [2.75, 3.05) is 20.5 Å². The van der Waals surface area contributed by atoms with Crippen molar-refractivity contribution in [1.82, 2.24) is 0 Å². The number of thioether (sulfide) groups is 1. The summed E-state index contributed by atoms with van der Waals surface area (Å²) in [5.41, 5.74) is 6.71. The Morgan fingerprint density at radius 2 is 1.62 bits per heavy atom. The molecule has 1 aromatic rings. The van der Waals surface area contributed by atoms with Crippen molar-refractivity contribution in [3.63, 3.8) is 0 Å². The van der Waals surface area contributed by atoms with Crippen molar-refractivity contribution in [3.8, 4) is 11.5 Å². The summed E-state index contributed by atoms with van der Waals surface area (Å²) in [6, 6.07) is 3.79. The quantitative estimate of drug-likeness (QED) is 0.823. The normalized spacial score (nSPS) is 11.4. The molecule has 16 heavy (non-hydrogen) atoms. The van der Waals surface area contributed by atoms with E-state index in [4.69, 9.17) is 15.2 Å². The molecule has 0 aliphatic rings. The van der Waals surface area contributed by atoms with Gasteiger partial charge in [-0.05, 0) is 32.2 Å². The third-order valence-electron chi connectivity index (χ3n) is 2.37. The van der Waals surface area contributed by atoms with Crippen LogP contribution in [0, 0.1) is 0 Å². The molecule has 0 radical (unpaired) electrons. The van der Waals surface area contributed by atoms with Gasteiger partial charge in [0.05, 0.1) is 19.1 Å². The Balaban J connectivity index is 3.49. The van der Waals surface area contributed by atoms with Gasteiger partial charge in [-0.15, -0.1) is 11.8 Å². The Morgan fingerprint density at radius 3 is 2.00 bits per heavy atom. The van der Waals surface area contributed by atoms with Crippen molar-refractivity contribution in [2.24, 2.45) is 5.73 Å². The molecule has 1 rings (SSSR count). The number of ether oxygens (including phenoxy) is 2. The minimum atomic E-state index is -0.460. The monoisotopic (exact) mass is 241 g/mol. The van der Waals surface area contributed by atoms with E-state index >= 15 is 0 Å². The van der Waals surface area contributed by atoms with Gasteiger partial charge in [-0.3, -0.25) is 0 Å². The van der Waals surface area contributed by atoms with Crippen molar-refractivity contribution < 1.29 is 9.47 Å². The molecule has 3 nitrogen and oxygen atoms in total. The molecule has 0 aliphatic carbocycles. The zero-order valence-electron chi connectivity index (χ0n) is 10.5. The van der Waals surface area contributed by atoms with Crippen LogP contribution < -0.4 is 15.2 Å². The predicted octanol–water partition coefficient (Wildman–Crippen LogP) is 2.62. The minimum absolute atomic E-state index is 0.460. The first-order valence-corrected chi connectivity index (χ1v) is 6.26. The van der Waals surface area contributed by atoms with Crippen LogP contribution in [-0.2, 0) is 5.54 Å². The van der Waals surface area contributed by atoms with Gasteiger partial charge in [0.15, 0.2) is 0 Å². The summed E-state index contributed by atoms with van der Waals surface area (Å²) < 4.78 is 10.7. The van der Waals surface area contributed by atoms with Crippen molar-refractivity contribution in [3.05, 3.63) is 17.7 Å². The van der Waals surface area contributed by atoms with Gasteiger partial charge in [0.1, 0.15) is 11.5 Å². The second kappa shape index (κ2) is 4.97. The Labute approximate surface area is 101 Å². The van der Waals surface area contributed by atoms with Crippen LogP contribution >= 0.6 is 11.8 Å². The van der Waals surface area contributed by atoms with Crippen molar-refractivity contribution in [2.45, 2.75) is 24.3 Å². The molecule has 0 saturated heterocycles. The van der Waals surface area contributed by atoms with E-state index in [0.717, 1.165) is 22.0 Å². The molecular weight excluding hydrogens is 222 g/mol. The van der Waals surface area contributed by atoms with E-state index in [-0.39, 0.29) is 0 Å². The van der Waals surface area contributed by atoms with Gasteiger partial charge < -0.3 is 15.2 Å². The first-order chi connectivity index (χ1) is 7.45. The molecule has 0 atom stereocenters. The van der Waals surface area contributed by atoms with E-state index < -0.39 is 5.54 Å². The Hall–Kier alpha value is -0.870. The van der Waals surface area contributed by atoms with Crippen LogP contribution in [0.1, 0.15) is 19.4 Å². The van der Waals surface area contributed by atoms with Crippen LogP contribution in [0.4, 0.5) is 0 Å². The first kappa shape index (κ1) is 13.2. The molecule has 0 spiro atoms. The second-order valence-corrected chi connectivity index (χ2v) is 4.92. The third kappa shape index (κ3) is 2.44. The van der Waals surface area contributed by atoms with Gasteiger partial charge in [0.25, 0.3) is 0 Å². The SMILES string of the molecule is COc1ccc(OC)c(C(C)(C)N)c1SC. The molecule has 90 valence electrons.